The number of nitrogens with zero attached hydrogens (tertiary/aromatic N) is 4. The van der Waals surface area contributed by atoms with Crippen LogP contribution in [0.25, 0.3) is 0 Å². The fraction of sp³-hybridized carbons (Fsp3) is 0.304. The summed E-state index contributed by atoms with van der Waals surface area (Å²) in [6.45, 7) is 5.31. The van der Waals surface area contributed by atoms with Crippen LogP contribution in [-0.2, 0) is 14.3 Å². The molecule has 4 rings (SSSR count). The number of carbonyl (C=O) groups is 2. The fourth-order valence-electron chi connectivity index (χ4n) is 3.71. The van der Waals surface area contributed by atoms with E-state index in [4.69, 9.17) is 9.84 Å². The van der Waals surface area contributed by atoms with Gasteiger partial charge in [-0.25, -0.2) is 9.99 Å². The van der Waals surface area contributed by atoms with E-state index in [9.17, 15) is 9.59 Å². The number of ether oxygens (including phenoxy) is 1. The van der Waals surface area contributed by atoms with Crippen molar-refractivity contribution in [1.29, 1.82) is 0 Å². The van der Waals surface area contributed by atoms with E-state index in [1.54, 1.807) is 20.0 Å². The standard InChI is InChI=1S/C23H24N4O3/c1-4-21(28)30-23-16(3)15(2)22(29)26(23)20-14-18(17-10-6-5-7-11-17)27(25-20)19-12-8-9-13-24-19/h5-13,18,23H,4,14H2,1-3H3. The lowest BCUT2D eigenvalue weighted by atomic mass is 10.0. The molecule has 2 unspecified atom stereocenters. The molecule has 0 bridgehead atoms. The van der Waals surface area contributed by atoms with Gasteiger partial charge in [0.2, 0.25) is 6.23 Å². The summed E-state index contributed by atoms with van der Waals surface area (Å²) < 4.78 is 5.61. The number of benzene rings is 1. The highest BCUT2D eigenvalue weighted by molar-refractivity contribution is 6.10. The fourth-order valence-corrected chi connectivity index (χ4v) is 3.71. The molecule has 1 amide bonds. The van der Waals surface area contributed by atoms with Crippen molar-refractivity contribution in [3.63, 3.8) is 0 Å². The summed E-state index contributed by atoms with van der Waals surface area (Å²) in [4.78, 5) is 31.0. The molecule has 0 saturated heterocycles. The molecule has 2 atom stereocenters. The van der Waals surface area contributed by atoms with Crippen molar-refractivity contribution in [3.05, 3.63) is 71.4 Å². The van der Waals surface area contributed by atoms with Crippen LogP contribution in [-0.4, -0.2) is 33.8 Å². The van der Waals surface area contributed by atoms with Gasteiger partial charge in [0, 0.05) is 24.6 Å². The Morgan fingerprint density at radius 3 is 2.53 bits per heavy atom. The lowest BCUT2D eigenvalue weighted by Gasteiger charge is -2.25. The van der Waals surface area contributed by atoms with Crippen molar-refractivity contribution in [2.75, 3.05) is 5.01 Å². The van der Waals surface area contributed by atoms with Gasteiger partial charge in [-0.1, -0.05) is 43.3 Å². The average Bonchev–Trinajstić information content (AvgIpc) is 3.31. The minimum Gasteiger partial charge on any atom is -0.437 e. The van der Waals surface area contributed by atoms with Crippen LogP contribution in [0.3, 0.4) is 0 Å². The molecular formula is C23H24N4O3. The maximum Gasteiger partial charge on any atom is 0.307 e. The van der Waals surface area contributed by atoms with Crippen LogP contribution in [0, 0.1) is 0 Å². The zero-order valence-corrected chi connectivity index (χ0v) is 17.3. The van der Waals surface area contributed by atoms with Crippen LogP contribution in [0.2, 0.25) is 0 Å². The van der Waals surface area contributed by atoms with Crippen molar-refractivity contribution in [3.8, 4) is 0 Å². The summed E-state index contributed by atoms with van der Waals surface area (Å²) in [5.74, 6) is 0.711. The second kappa shape index (κ2) is 8.10. The first kappa shape index (κ1) is 19.8. The Labute approximate surface area is 175 Å². The van der Waals surface area contributed by atoms with Crippen molar-refractivity contribution < 1.29 is 14.3 Å². The number of aromatic nitrogens is 1. The number of hydrogen-bond acceptors (Lipinski definition) is 6. The van der Waals surface area contributed by atoms with Crippen LogP contribution >= 0.6 is 0 Å². The van der Waals surface area contributed by atoms with Gasteiger partial charge in [0.05, 0.1) is 6.04 Å². The Bertz CT molecular complexity index is 1020. The number of rotatable bonds is 4. The summed E-state index contributed by atoms with van der Waals surface area (Å²) in [6, 6.07) is 15.5. The third-order valence-electron chi connectivity index (χ3n) is 5.51. The number of amidine groups is 1. The highest BCUT2D eigenvalue weighted by Gasteiger charge is 2.44. The molecule has 0 spiro atoms. The molecule has 0 saturated carbocycles. The van der Waals surface area contributed by atoms with Crippen molar-refractivity contribution in [1.82, 2.24) is 9.88 Å². The normalized spacial score (nSPS) is 21.3. The summed E-state index contributed by atoms with van der Waals surface area (Å²) in [5.41, 5.74) is 2.38. The van der Waals surface area contributed by atoms with E-state index in [-0.39, 0.29) is 24.3 Å². The summed E-state index contributed by atoms with van der Waals surface area (Å²) in [5, 5.41) is 6.61. The smallest absolute Gasteiger partial charge is 0.307 e. The van der Waals surface area contributed by atoms with Gasteiger partial charge >= 0.3 is 5.97 Å². The maximum atomic E-state index is 13.0. The molecule has 2 aliphatic rings. The minimum atomic E-state index is -0.760. The largest absolute Gasteiger partial charge is 0.437 e. The van der Waals surface area contributed by atoms with Crippen LogP contribution in [0.5, 0.6) is 0 Å². The zero-order valence-electron chi connectivity index (χ0n) is 17.3. The Hall–Kier alpha value is -3.48. The molecule has 1 aromatic heterocycles. The predicted molar refractivity (Wildman–Crippen MR) is 113 cm³/mol. The molecule has 0 aliphatic carbocycles. The van der Waals surface area contributed by atoms with Crippen molar-refractivity contribution in [2.45, 2.75) is 45.9 Å². The summed E-state index contributed by atoms with van der Waals surface area (Å²) in [6.07, 6.45) is 1.69. The quantitative estimate of drug-likeness (QED) is 0.725. The number of amides is 1. The third-order valence-corrected chi connectivity index (χ3v) is 5.51. The van der Waals surface area contributed by atoms with Gasteiger partial charge in [0.15, 0.2) is 0 Å². The first-order chi connectivity index (χ1) is 14.5. The van der Waals surface area contributed by atoms with E-state index >= 15 is 0 Å². The molecular weight excluding hydrogens is 380 g/mol. The Morgan fingerprint density at radius 2 is 1.87 bits per heavy atom. The molecule has 30 heavy (non-hydrogen) atoms. The summed E-state index contributed by atoms with van der Waals surface area (Å²) in [7, 11) is 0. The van der Waals surface area contributed by atoms with Crippen molar-refractivity contribution >= 4 is 23.5 Å². The Morgan fingerprint density at radius 1 is 1.13 bits per heavy atom. The van der Waals surface area contributed by atoms with E-state index in [0.717, 1.165) is 11.1 Å². The lowest BCUT2D eigenvalue weighted by molar-refractivity contribution is -0.153. The molecule has 0 fully saturated rings. The maximum absolute atomic E-state index is 13.0. The van der Waals surface area contributed by atoms with E-state index < -0.39 is 6.23 Å². The second-order valence-electron chi connectivity index (χ2n) is 7.36. The third kappa shape index (κ3) is 3.47. The van der Waals surface area contributed by atoms with Gasteiger partial charge < -0.3 is 4.74 Å². The minimum absolute atomic E-state index is 0.118. The molecule has 2 aromatic rings. The van der Waals surface area contributed by atoms with Gasteiger partial charge in [0.1, 0.15) is 11.7 Å². The van der Waals surface area contributed by atoms with E-state index in [0.29, 0.717) is 23.6 Å². The molecule has 0 N–H and O–H groups in total. The van der Waals surface area contributed by atoms with E-state index in [1.165, 1.54) is 4.90 Å². The van der Waals surface area contributed by atoms with Crippen LogP contribution in [0.1, 0.15) is 45.2 Å². The van der Waals surface area contributed by atoms with Gasteiger partial charge in [-0.2, -0.15) is 5.10 Å². The van der Waals surface area contributed by atoms with E-state index in [1.807, 2.05) is 60.5 Å². The SMILES string of the molecule is CCC(=O)OC1C(C)=C(C)C(=O)N1C1=NN(c2ccccn2)C(c2ccccc2)C1. The van der Waals surface area contributed by atoms with Crippen molar-refractivity contribution in [2.24, 2.45) is 5.10 Å². The number of pyridine rings is 1. The van der Waals surface area contributed by atoms with Crippen LogP contribution in [0.15, 0.2) is 71.0 Å². The molecule has 2 aliphatic heterocycles. The number of anilines is 1. The molecule has 1 aromatic carbocycles. The number of hydrogen-bond donors (Lipinski definition) is 0. The second-order valence-corrected chi connectivity index (χ2v) is 7.36. The highest BCUT2D eigenvalue weighted by Crippen LogP contribution is 2.38. The summed E-state index contributed by atoms with van der Waals surface area (Å²) >= 11 is 0. The monoisotopic (exact) mass is 404 g/mol. The van der Waals surface area contributed by atoms with Gasteiger partial charge in [-0.15, -0.1) is 0 Å². The van der Waals surface area contributed by atoms with E-state index in [2.05, 4.69) is 4.98 Å². The number of carbonyl (C=O) groups excluding carboxylic acids is 2. The number of hydrazone groups is 1. The molecule has 0 radical (unpaired) electrons. The Balaban J connectivity index is 1.72. The molecule has 3 heterocycles. The van der Waals surface area contributed by atoms with Crippen LogP contribution in [0.4, 0.5) is 5.82 Å². The highest BCUT2D eigenvalue weighted by atomic mass is 16.6. The first-order valence-corrected chi connectivity index (χ1v) is 10.0. The Kier molecular flexibility index (Phi) is 5.35. The molecule has 7 nitrogen and oxygen atoms in total. The molecule has 7 heteroatoms. The van der Waals surface area contributed by atoms with Gasteiger partial charge in [-0.3, -0.25) is 14.5 Å². The number of esters is 1. The lowest BCUT2D eigenvalue weighted by Crippen LogP contribution is -2.42. The van der Waals surface area contributed by atoms with Crippen LogP contribution < -0.4 is 5.01 Å². The topological polar surface area (TPSA) is 75.1 Å². The zero-order chi connectivity index (χ0) is 21.3. The van der Waals surface area contributed by atoms with Gasteiger partial charge in [-0.05, 0) is 37.1 Å². The predicted octanol–water partition coefficient (Wildman–Crippen LogP) is 3.80. The first-order valence-electron chi connectivity index (χ1n) is 10.0. The molecule has 154 valence electrons. The average molecular weight is 404 g/mol. The van der Waals surface area contributed by atoms with Gasteiger partial charge in [0.25, 0.3) is 5.91 Å².